The fraction of sp³-hybridized carbons (Fsp3) is 0.389. The summed E-state index contributed by atoms with van der Waals surface area (Å²) in [6.07, 6.45) is -21.0. The van der Waals surface area contributed by atoms with Crippen molar-refractivity contribution in [2.75, 3.05) is 0 Å². The summed E-state index contributed by atoms with van der Waals surface area (Å²) in [7, 11) is 0. The maximum absolute atomic E-state index is 14.4. The Morgan fingerprint density at radius 1 is 0.686 bits per heavy atom. The van der Waals surface area contributed by atoms with Gasteiger partial charge >= 0.3 is 36.3 Å². The molecular weight excluding hydrogens is 529 g/mol. The van der Waals surface area contributed by atoms with E-state index >= 15 is 0 Å². The Balaban J connectivity index is 2.19. The van der Waals surface area contributed by atoms with Crippen LogP contribution in [0.3, 0.4) is 0 Å². The number of hydrogen-bond donors (Lipinski definition) is 1. The normalized spacial score (nSPS) is 20.0. The minimum absolute atomic E-state index is 0.207. The van der Waals surface area contributed by atoms with Crippen LogP contribution in [0.5, 0.6) is 0 Å². The molecule has 2 nitrogen and oxygen atoms in total. The van der Waals surface area contributed by atoms with Crippen molar-refractivity contribution in [2.45, 2.75) is 41.7 Å². The minimum Gasteiger partial charge on any atom is -0.353 e. The molecule has 0 unspecified atom stereocenters. The van der Waals surface area contributed by atoms with Gasteiger partial charge < -0.3 is 4.98 Å². The standard InChI is InChI=1S/C18H5F15N2/c19-13(20)10-9-6-3-5(12(16(25,26)27,17(28,29)30)18(31,32)33)1-2-7(6)35-8(9)4-34-11(10)14(21,22)15(13,23)24/h1-4,35H. The average molecular weight is 534 g/mol. The maximum Gasteiger partial charge on any atom is 0.416 e. The molecule has 3 aromatic rings. The van der Waals surface area contributed by atoms with Gasteiger partial charge in [0.05, 0.1) is 17.3 Å². The first kappa shape index (κ1) is 25.2. The molecule has 0 bridgehead atoms. The second kappa shape index (κ2) is 6.46. The maximum atomic E-state index is 14.4. The molecule has 192 valence electrons. The summed E-state index contributed by atoms with van der Waals surface area (Å²) in [6.45, 7) is 0. The van der Waals surface area contributed by atoms with Gasteiger partial charge in [0.1, 0.15) is 5.69 Å². The molecule has 0 radical (unpaired) electrons. The lowest BCUT2D eigenvalue weighted by molar-refractivity contribution is -0.387. The number of pyridine rings is 1. The van der Waals surface area contributed by atoms with E-state index in [4.69, 9.17) is 0 Å². The molecule has 2 aromatic heterocycles. The first-order valence-electron chi connectivity index (χ1n) is 8.84. The van der Waals surface area contributed by atoms with Gasteiger partial charge in [-0.3, -0.25) is 4.98 Å². The average Bonchev–Trinajstić information content (AvgIpc) is 3.05. The minimum atomic E-state index is -7.07. The Bertz CT molecular complexity index is 1300. The second-order valence-electron chi connectivity index (χ2n) is 7.62. The number of nitrogens with one attached hydrogen (secondary N) is 1. The smallest absolute Gasteiger partial charge is 0.353 e. The van der Waals surface area contributed by atoms with Crippen LogP contribution < -0.4 is 0 Å². The van der Waals surface area contributed by atoms with E-state index < -0.39 is 86.4 Å². The van der Waals surface area contributed by atoms with E-state index in [1.165, 1.54) is 0 Å². The van der Waals surface area contributed by atoms with Crippen LogP contribution in [0.2, 0.25) is 0 Å². The summed E-state index contributed by atoms with van der Waals surface area (Å²) < 4.78 is 206. The van der Waals surface area contributed by atoms with Crippen LogP contribution in [0.1, 0.15) is 16.8 Å². The molecule has 1 aliphatic rings. The SMILES string of the molecule is FC(F)(F)C(c1ccc2[nH]c3cnc4c(c3c2c1)C(F)(F)C(F)(F)C4(F)F)(C(F)(F)F)C(F)(F)F. The number of aromatic amines is 1. The highest BCUT2D eigenvalue weighted by Gasteiger charge is 2.84. The third-order valence-corrected chi connectivity index (χ3v) is 5.75. The lowest BCUT2D eigenvalue weighted by Gasteiger charge is -2.38. The molecule has 0 saturated heterocycles. The van der Waals surface area contributed by atoms with Gasteiger partial charge in [0.2, 0.25) is 0 Å². The van der Waals surface area contributed by atoms with Crippen molar-refractivity contribution >= 4 is 21.8 Å². The first-order chi connectivity index (χ1) is 15.5. The van der Waals surface area contributed by atoms with Gasteiger partial charge in [-0.1, -0.05) is 6.07 Å². The molecule has 0 fully saturated rings. The van der Waals surface area contributed by atoms with Gasteiger partial charge in [0.25, 0.3) is 5.41 Å². The quantitative estimate of drug-likeness (QED) is 0.323. The van der Waals surface area contributed by atoms with Gasteiger partial charge in [-0.05, 0) is 17.7 Å². The number of hydrogen-bond acceptors (Lipinski definition) is 1. The van der Waals surface area contributed by atoms with Crippen LogP contribution in [-0.2, 0) is 17.3 Å². The number of aromatic nitrogens is 2. The third kappa shape index (κ3) is 2.74. The molecule has 4 rings (SSSR count). The monoisotopic (exact) mass is 534 g/mol. The van der Waals surface area contributed by atoms with E-state index in [-0.39, 0.29) is 18.3 Å². The number of halogens is 15. The van der Waals surface area contributed by atoms with Crippen LogP contribution in [0.4, 0.5) is 65.9 Å². The summed E-state index contributed by atoms with van der Waals surface area (Å²) in [4.78, 5) is 4.90. The Morgan fingerprint density at radius 2 is 1.20 bits per heavy atom. The molecule has 2 heterocycles. The number of nitrogens with zero attached hydrogens (tertiary/aromatic N) is 1. The van der Waals surface area contributed by atoms with Gasteiger partial charge in [0, 0.05) is 16.3 Å². The fourth-order valence-electron chi connectivity index (χ4n) is 4.14. The van der Waals surface area contributed by atoms with E-state index in [1.54, 1.807) is 0 Å². The summed E-state index contributed by atoms with van der Waals surface area (Å²) >= 11 is 0. The zero-order valence-electron chi connectivity index (χ0n) is 15.9. The number of benzene rings is 1. The molecule has 0 spiro atoms. The zero-order valence-corrected chi connectivity index (χ0v) is 15.9. The van der Waals surface area contributed by atoms with E-state index in [1.807, 2.05) is 0 Å². The van der Waals surface area contributed by atoms with Gasteiger partial charge in [-0.25, -0.2) is 0 Å². The number of H-pyrrole nitrogens is 1. The highest BCUT2D eigenvalue weighted by Crippen LogP contribution is 2.65. The summed E-state index contributed by atoms with van der Waals surface area (Å²) in [5.41, 5.74) is -15.1. The van der Waals surface area contributed by atoms with Crippen molar-refractivity contribution in [3.63, 3.8) is 0 Å². The van der Waals surface area contributed by atoms with Crippen molar-refractivity contribution in [3.8, 4) is 0 Å². The highest BCUT2D eigenvalue weighted by molar-refractivity contribution is 6.10. The largest absolute Gasteiger partial charge is 0.416 e. The summed E-state index contributed by atoms with van der Waals surface area (Å²) in [5, 5.41) is -2.74. The van der Waals surface area contributed by atoms with Gasteiger partial charge in [0.15, 0.2) is 0 Å². The number of fused-ring (bicyclic) bond motifs is 5. The molecule has 0 atom stereocenters. The lowest BCUT2D eigenvalue weighted by Crippen LogP contribution is -2.63. The molecule has 0 saturated carbocycles. The first-order valence-corrected chi connectivity index (χ1v) is 8.84. The predicted molar refractivity (Wildman–Crippen MR) is 86.2 cm³/mol. The lowest BCUT2D eigenvalue weighted by atomic mass is 9.77. The predicted octanol–water partition coefficient (Wildman–Crippen LogP) is 7.47. The van der Waals surface area contributed by atoms with Crippen molar-refractivity contribution in [2.24, 2.45) is 0 Å². The van der Waals surface area contributed by atoms with E-state index in [0.717, 1.165) is 0 Å². The molecule has 0 aliphatic heterocycles. The molecule has 35 heavy (non-hydrogen) atoms. The Labute approximate surface area is 181 Å². The molecule has 1 aliphatic carbocycles. The van der Waals surface area contributed by atoms with Crippen LogP contribution in [0.15, 0.2) is 24.4 Å². The van der Waals surface area contributed by atoms with Gasteiger partial charge in [-0.15, -0.1) is 0 Å². The summed E-state index contributed by atoms with van der Waals surface area (Å²) in [6, 6.07) is -0.493. The zero-order chi connectivity index (χ0) is 26.8. The molecule has 0 amide bonds. The van der Waals surface area contributed by atoms with Crippen LogP contribution >= 0.6 is 0 Å². The molecular formula is C18H5F15N2. The van der Waals surface area contributed by atoms with E-state index in [2.05, 4.69) is 9.97 Å². The Morgan fingerprint density at radius 3 is 1.69 bits per heavy atom. The fourth-order valence-corrected chi connectivity index (χ4v) is 4.14. The van der Waals surface area contributed by atoms with E-state index in [9.17, 15) is 65.9 Å². The number of alkyl halides is 15. The summed E-state index contributed by atoms with van der Waals surface area (Å²) in [5.74, 6) is -17.5. The van der Waals surface area contributed by atoms with Crippen molar-refractivity contribution in [3.05, 3.63) is 41.2 Å². The topological polar surface area (TPSA) is 28.7 Å². The Hall–Kier alpha value is -2.88. The van der Waals surface area contributed by atoms with E-state index in [0.29, 0.717) is 0 Å². The molecule has 1 aromatic carbocycles. The Kier molecular flexibility index (Phi) is 4.65. The molecule has 1 N–H and O–H groups in total. The molecule has 17 heteroatoms. The van der Waals surface area contributed by atoms with Crippen molar-refractivity contribution in [1.29, 1.82) is 0 Å². The highest BCUT2D eigenvalue weighted by atomic mass is 19.4. The second-order valence-corrected chi connectivity index (χ2v) is 7.62. The number of rotatable bonds is 1. The van der Waals surface area contributed by atoms with Crippen molar-refractivity contribution < 1.29 is 65.9 Å². The third-order valence-electron chi connectivity index (χ3n) is 5.75. The van der Waals surface area contributed by atoms with Crippen molar-refractivity contribution in [1.82, 2.24) is 9.97 Å². The van der Waals surface area contributed by atoms with Crippen LogP contribution in [0.25, 0.3) is 21.8 Å². The van der Waals surface area contributed by atoms with Gasteiger partial charge in [-0.2, -0.15) is 65.9 Å². The van der Waals surface area contributed by atoms with Crippen LogP contribution in [0, 0.1) is 0 Å². The van der Waals surface area contributed by atoms with Crippen LogP contribution in [-0.4, -0.2) is 34.4 Å².